The molecule has 1 aliphatic rings. The van der Waals surface area contributed by atoms with Gasteiger partial charge >= 0.3 is 6.09 Å². The minimum atomic E-state index is -0.565. The van der Waals surface area contributed by atoms with Gasteiger partial charge in [0.2, 0.25) is 0 Å². The van der Waals surface area contributed by atoms with E-state index in [0.717, 1.165) is 0 Å². The third-order valence-electron chi connectivity index (χ3n) is 1.92. The molecular formula is C10H17NO3. The van der Waals surface area contributed by atoms with Gasteiger partial charge in [-0.3, -0.25) is 4.90 Å². The van der Waals surface area contributed by atoms with Gasteiger partial charge in [0.25, 0.3) is 0 Å². The zero-order valence-corrected chi connectivity index (χ0v) is 8.82. The summed E-state index contributed by atoms with van der Waals surface area (Å²) in [6.07, 6.45) is 0.225. The summed E-state index contributed by atoms with van der Waals surface area (Å²) in [6.45, 7) is 5.59. The average molecular weight is 201 g/mol. The summed E-state index contributed by atoms with van der Waals surface area (Å²) in [5.74, 6) is 0. The number of hydrogen-bond donors (Lipinski definition) is 0. The minimum absolute atomic E-state index is 0.276. The first-order valence-corrected chi connectivity index (χ1v) is 4.70. The Morgan fingerprint density at radius 1 is 1.64 bits per heavy atom. The molecule has 1 amide bonds. The first-order chi connectivity index (χ1) is 6.83. The standard InChI is InChI=1S/C10H17NO3/c1-10(2,3)14-9(13)11-6-4-5-8(11)7-12/h7-8H,4-6H2,1-3H3/t8-/m0/s1/i4T/t4-,8+/m1. The molecule has 4 heteroatoms. The molecule has 2 atom stereocenters. The Labute approximate surface area is 85.6 Å². The number of ether oxygens (including phenoxy) is 1. The van der Waals surface area contributed by atoms with Gasteiger partial charge in [-0.25, -0.2) is 4.79 Å². The van der Waals surface area contributed by atoms with E-state index in [0.29, 0.717) is 12.7 Å². The molecule has 1 aliphatic heterocycles. The number of hydrogen-bond acceptors (Lipinski definition) is 3. The monoisotopic (exact) mass is 201 g/mol. The number of rotatable bonds is 1. The van der Waals surface area contributed by atoms with Crippen molar-refractivity contribution in [3.8, 4) is 0 Å². The Kier molecular flexibility index (Phi) is 2.70. The van der Waals surface area contributed by atoms with Crippen LogP contribution in [-0.2, 0) is 9.53 Å². The van der Waals surface area contributed by atoms with Crippen molar-refractivity contribution in [1.82, 2.24) is 4.90 Å². The molecule has 0 aliphatic carbocycles. The molecule has 14 heavy (non-hydrogen) atoms. The quantitative estimate of drug-likeness (QED) is 0.605. The van der Waals surface area contributed by atoms with Crippen LogP contribution in [0.1, 0.15) is 35.0 Å². The van der Waals surface area contributed by atoms with E-state index in [1.54, 1.807) is 20.8 Å². The van der Waals surface area contributed by atoms with E-state index in [4.69, 9.17) is 6.11 Å². The van der Waals surface area contributed by atoms with Gasteiger partial charge in [-0.1, -0.05) is 0 Å². The van der Waals surface area contributed by atoms with E-state index in [2.05, 4.69) is 0 Å². The summed E-state index contributed by atoms with van der Waals surface area (Å²) in [4.78, 5) is 23.7. The third-order valence-corrected chi connectivity index (χ3v) is 1.92. The van der Waals surface area contributed by atoms with Crippen LogP contribution in [0.5, 0.6) is 0 Å². The first-order valence-electron chi connectivity index (χ1n) is 5.28. The lowest BCUT2D eigenvalue weighted by atomic mass is 10.2. The van der Waals surface area contributed by atoms with E-state index in [-0.39, 0.29) is 12.9 Å². The number of carbonyl (C=O) groups is 2. The molecule has 4 nitrogen and oxygen atoms in total. The number of amides is 1. The maximum absolute atomic E-state index is 11.6. The Balaban J connectivity index is 2.63. The summed E-state index contributed by atoms with van der Waals surface area (Å²) in [6, 6.07) is -0.498. The fourth-order valence-corrected chi connectivity index (χ4v) is 1.31. The van der Waals surface area contributed by atoms with Crippen molar-refractivity contribution < 1.29 is 15.7 Å². The van der Waals surface area contributed by atoms with Gasteiger partial charge < -0.3 is 9.53 Å². The van der Waals surface area contributed by atoms with Crippen LogP contribution in [0.3, 0.4) is 0 Å². The number of aldehydes is 1. The number of likely N-dealkylation sites (tertiary alicyclic amines) is 1. The van der Waals surface area contributed by atoms with Crippen molar-refractivity contribution in [3.63, 3.8) is 0 Å². The maximum atomic E-state index is 11.6. The van der Waals surface area contributed by atoms with Crippen molar-refractivity contribution in [2.24, 2.45) is 0 Å². The van der Waals surface area contributed by atoms with Gasteiger partial charge in [0.1, 0.15) is 11.9 Å². The minimum Gasteiger partial charge on any atom is -0.444 e. The highest BCUT2D eigenvalue weighted by Gasteiger charge is 2.31. The van der Waals surface area contributed by atoms with Gasteiger partial charge in [0.15, 0.2) is 0 Å². The second-order valence-corrected chi connectivity index (χ2v) is 4.36. The van der Waals surface area contributed by atoms with Gasteiger partial charge in [-0.2, -0.15) is 0 Å². The molecule has 80 valence electrons. The van der Waals surface area contributed by atoms with Crippen LogP contribution < -0.4 is 0 Å². The van der Waals surface area contributed by atoms with Crippen molar-refractivity contribution in [1.29, 1.82) is 0 Å². The third kappa shape index (κ3) is 2.72. The van der Waals surface area contributed by atoms with E-state index >= 15 is 0 Å². The molecule has 0 aromatic carbocycles. The Hall–Kier alpha value is -1.06. The van der Waals surface area contributed by atoms with Crippen LogP contribution in [-0.4, -0.2) is 35.5 Å². The maximum Gasteiger partial charge on any atom is 0.410 e. The molecule has 0 aromatic rings. The molecular weight excluding hydrogens is 182 g/mol. The summed E-state index contributed by atoms with van der Waals surface area (Å²) < 4.78 is 12.7. The van der Waals surface area contributed by atoms with Gasteiger partial charge in [0, 0.05) is 7.92 Å². The van der Waals surface area contributed by atoms with Crippen LogP contribution in [0, 0.1) is 0 Å². The SMILES string of the molecule is [3H][C@@H]1C[C@@H](C=O)N(C(=O)OC(C)(C)C)C1. The Bertz CT molecular complexity index is 262. The summed E-state index contributed by atoms with van der Waals surface area (Å²) in [7, 11) is 0. The molecule has 0 saturated carbocycles. The van der Waals surface area contributed by atoms with Gasteiger partial charge in [-0.05, 0) is 33.6 Å². The summed E-state index contributed by atoms with van der Waals surface area (Å²) >= 11 is 0. The van der Waals surface area contributed by atoms with Crippen molar-refractivity contribution in [3.05, 3.63) is 0 Å². The van der Waals surface area contributed by atoms with Crippen molar-refractivity contribution >= 4 is 12.4 Å². The Morgan fingerprint density at radius 2 is 2.29 bits per heavy atom. The predicted molar refractivity (Wildman–Crippen MR) is 52.0 cm³/mol. The summed E-state index contributed by atoms with van der Waals surface area (Å²) in [5.41, 5.74) is -0.565. The molecule has 1 heterocycles. The molecule has 1 saturated heterocycles. The Morgan fingerprint density at radius 3 is 2.79 bits per heavy atom. The molecule has 0 aromatic heterocycles. The zero-order valence-electron chi connectivity index (χ0n) is 9.82. The highest BCUT2D eigenvalue weighted by Crippen LogP contribution is 2.19. The van der Waals surface area contributed by atoms with Crippen LogP contribution in [0.4, 0.5) is 4.79 Å². The second kappa shape index (κ2) is 3.98. The van der Waals surface area contributed by atoms with Crippen molar-refractivity contribution in [2.45, 2.75) is 45.2 Å². The molecule has 0 unspecified atom stereocenters. The highest BCUT2D eigenvalue weighted by atomic mass is 16.6. The van der Waals surface area contributed by atoms with Gasteiger partial charge in [0.05, 0.1) is 6.04 Å². The second-order valence-electron chi connectivity index (χ2n) is 4.36. The largest absolute Gasteiger partial charge is 0.444 e. The lowest BCUT2D eigenvalue weighted by Gasteiger charge is -2.26. The van der Waals surface area contributed by atoms with Crippen molar-refractivity contribution in [2.75, 3.05) is 6.54 Å². The van der Waals surface area contributed by atoms with Crippen LogP contribution in [0.2, 0.25) is 0 Å². The topological polar surface area (TPSA) is 46.6 Å². The van der Waals surface area contributed by atoms with Crippen LogP contribution in [0.15, 0.2) is 0 Å². The molecule has 0 N–H and O–H groups in total. The van der Waals surface area contributed by atoms with Crippen LogP contribution in [0.25, 0.3) is 0 Å². The highest BCUT2D eigenvalue weighted by molar-refractivity contribution is 5.74. The molecule has 0 spiro atoms. The fourth-order valence-electron chi connectivity index (χ4n) is 1.31. The average Bonchev–Trinajstić information content (AvgIpc) is 2.43. The predicted octanol–water partition coefficient (Wildman–Crippen LogP) is 1.58. The number of nitrogens with zero attached hydrogens (tertiary/aromatic N) is 1. The molecule has 1 rings (SSSR count). The van der Waals surface area contributed by atoms with E-state index in [9.17, 15) is 9.59 Å². The van der Waals surface area contributed by atoms with E-state index < -0.39 is 17.7 Å². The first kappa shape index (κ1) is 9.49. The normalized spacial score (nSPS) is 28.5. The number of carbonyl (C=O) groups excluding carboxylic acids is 2. The lowest BCUT2D eigenvalue weighted by Crippen LogP contribution is -2.40. The molecule has 0 radical (unpaired) electrons. The van der Waals surface area contributed by atoms with Crippen LogP contribution >= 0.6 is 0 Å². The summed E-state index contributed by atoms with van der Waals surface area (Å²) in [5, 5.41) is 0. The van der Waals surface area contributed by atoms with E-state index in [1.165, 1.54) is 4.90 Å². The smallest absolute Gasteiger partial charge is 0.410 e. The molecule has 0 bridgehead atoms. The lowest BCUT2D eigenvalue weighted by molar-refractivity contribution is -0.111. The van der Waals surface area contributed by atoms with E-state index in [1.807, 2.05) is 0 Å². The van der Waals surface area contributed by atoms with Gasteiger partial charge in [-0.15, -0.1) is 0 Å². The molecule has 1 fully saturated rings. The zero-order chi connectivity index (χ0) is 11.6. The fraction of sp³-hybridized carbons (Fsp3) is 0.800.